The predicted octanol–water partition coefficient (Wildman–Crippen LogP) is 6.33. The summed E-state index contributed by atoms with van der Waals surface area (Å²) in [5.41, 5.74) is -2.63. The molecule has 2 aliphatic heterocycles. The fourth-order valence-electron chi connectivity index (χ4n) is 12.5. The number of carbonyl (C=O) groups is 5. The van der Waals surface area contributed by atoms with Gasteiger partial charge in [-0.1, -0.05) is 80.6 Å². The summed E-state index contributed by atoms with van der Waals surface area (Å²) in [6.45, 7) is 9.72. The summed E-state index contributed by atoms with van der Waals surface area (Å²) >= 11 is 0. The van der Waals surface area contributed by atoms with Gasteiger partial charge >= 0.3 is 0 Å². The van der Waals surface area contributed by atoms with Crippen LogP contribution in [0.15, 0.2) is 0 Å². The molecule has 2 heterocycles. The SMILES string of the molecule is [2H]C([2H])(C)N1CCC[C@H]1C(=O)N[C@H](C(=O)C[C@H](C(=O)N1C[C@]2(C[C@H]1C(=O)C[C@]1(C(=O)NS(=O)(=O)C3(C([2H])([2H])[2H])CC3)C[C@H]1CC)C(C)(C)C21CCC1)C(C)(C)C)C1CCCCC1. The quantitative estimate of drug-likeness (QED) is 0.195. The van der Waals surface area contributed by atoms with Crippen molar-refractivity contribution in [1.29, 1.82) is 0 Å². The zero-order chi connectivity index (χ0) is 45.9. The number of sulfonamides is 1. The van der Waals surface area contributed by atoms with Crippen molar-refractivity contribution in [3.63, 3.8) is 0 Å². The maximum atomic E-state index is 15.4. The first-order chi connectivity index (χ1) is 28.6. The van der Waals surface area contributed by atoms with Crippen molar-refractivity contribution in [2.45, 2.75) is 187 Å². The number of hydrogen-bond acceptors (Lipinski definition) is 8. The maximum absolute atomic E-state index is 15.4. The molecule has 7 aliphatic rings. The van der Waals surface area contributed by atoms with E-state index in [1.807, 2.05) is 27.7 Å². The molecular weight excluding hydrogens is 741 g/mol. The van der Waals surface area contributed by atoms with Crippen LogP contribution in [-0.4, -0.2) is 90.0 Å². The molecule has 0 radical (unpaired) electrons. The lowest BCUT2D eigenvalue weighted by Crippen LogP contribution is -2.54. The molecule has 3 amide bonds. The van der Waals surface area contributed by atoms with Gasteiger partial charge in [0, 0.05) is 37.6 Å². The minimum Gasteiger partial charge on any atom is -0.345 e. The Balaban J connectivity index is 1.16. The van der Waals surface area contributed by atoms with E-state index < -0.39 is 68.9 Å². The Morgan fingerprint density at radius 1 is 0.895 bits per heavy atom. The highest BCUT2D eigenvalue weighted by Crippen LogP contribution is 2.88. The van der Waals surface area contributed by atoms with Crippen molar-refractivity contribution in [1.82, 2.24) is 19.8 Å². The molecule has 0 bridgehead atoms. The largest absolute Gasteiger partial charge is 0.345 e. The lowest BCUT2D eigenvalue weighted by atomic mass is 9.73. The molecule has 12 heteroatoms. The second-order valence-corrected chi connectivity index (χ2v) is 22.9. The van der Waals surface area contributed by atoms with Crippen LogP contribution in [-0.2, 0) is 34.0 Å². The number of nitrogens with zero attached hydrogens (tertiary/aromatic N) is 2. The lowest BCUT2D eigenvalue weighted by Gasteiger charge is -2.37. The Bertz CT molecular complexity index is 1950. The number of amides is 3. The monoisotopic (exact) mass is 818 g/mol. The van der Waals surface area contributed by atoms with Crippen molar-refractivity contribution in [3.05, 3.63) is 0 Å². The molecule has 7 fully saturated rings. The number of ketones is 2. The Kier molecular flexibility index (Phi) is 9.41. The van der Waals surface area contributed by atoms with Crippen molar-refractivity contribution in [2.75, 3.05) is 19.6 Å². The van der Waals surface area contributed by atoms with Crippen LogP contribution in [0.1, 0.15) is 171 Å². The molecule has 5 aliphatic carbocycles. The highest BCUT2D eigenvalue weighted by molar-refractivity contribution is 7.91. The molecule has 57 heavy (non-hydrogen) atoms. The number of likely N-dealkylation sites (tertiary alicyclic amines) is 2. The highest BCUT2D eigenvalue weighted by atomic mass is 32.2. The fraction of sp³-hybridized carbons (Fsp3) is 0.889. The van der Waals surface area contributed by atoms with Crippen molar-refractivity contribution < 1.29 is 39.2 Å². The highest BCUT2D eigenvalue weighted by Gasteiger charge is 2.85. The van der Waals surface area contributed by atoms with Crippen molar-refractivity contribution in [3.8, 4) is 0 Å². The summed E-state index contributed by atoms with van der Waals surface area (Å²) in [4.78, 5) is 76.4. The zero-order valence-corrected chi connectivity index (χ0v) is 36.4. The topological polar surface area (TPSA) is 150 Å². The maximum Gasteiger partial charge on any atom is 0.240 e. The van der Waals surface area contributed by atoms with Gasteiger partial charge < -0.3 is 10.2 Å². The van der Waals surface area contributed by atoms with Gasteiger partial charge in [-0.05, 0) is 112 Å². The Morgan fingerprint density at radius 2 is 1.58 bits per heavy atom. The molecular formula is C45H72N4O7S. The number of rotatable bonds is 15. The number of carbonyl (C=O) groups excluding carboxylic acids is 5. The summed E-state index contributed by atoms with van der Waals surface area (Å²) in [5.74, 6) is -3.37. The van der Waals surface area contributed by atoms with E-state index in [9.17, 15) is 27.6 Å². The standard InChI is InChI=1S/C45H72N4O7S/c1-9-30-25-43(30,39(54)47-57(55,56)42(8)21-22-42)27-35(51)33-26-45(41(6,7)44(45)19-15-20-44)28-49(33)38(53)31(40(3,4)5)24-34(50)36(29-16-12-11-13-17-29)46-37(52)32-18-14-23-48(32)10-2/h29-33,36H,9-28H2,1-8H3,(H,46,52)(H,47,54)/t30-,31-,32+,33+,36+,43-,45-/m1/s1/i8D3,10D2. The van der Waals surface area contributed by atoms with Gasteiger partial charge in [-0.25, -0.2) is 8.42 Å². The molecule has 5 saturated carbocycles. The van der Waals surface area contributed by atoms with Crippen LogP contribution in [0.3, 0.4) is 0 Å². The zero-order valence-electron chi connectivity index (χ0n) is 40.6. The number of likely N-dealkylation sites (N-methyl/N-ethyl adjacent to an activating group) is 1. The third-order valence-electron chi connectivity index (χ3n) is 16.9. The van der Waals surface area contributed by atoms with Crippen LogP contribution in [0.2, 0.25) is 0 Å². The average Bonchev–Trinajstić information content (AvgIpc) is 4.06. The van der Waals surface area contributed by atoms with E-state index in [4.69, 9.17) is 6.85 Å². The predicted molar refractivity (Wildman–Crippen MR) is 219 cm³/mol. The first-order valence-corrected chi connectivity index (χ1v) is 23.5. The van der Waals surface area contributed by atoms with Gasteiger partial charge in [0.1, 0.15) is 0 Å². The van der Waals surface area contributed by atoms with E-state index in [0.717, 1.165) is 51.4 Å². The van der Waals surface area contributed by atoms with Gasteiger partial charge in [0.2, 0.25) is 27.7 Å². The molecule has 11 nitrogen and oxygen atoms in total. The molecule has 320 valence electrons. The van der Waals surface area contributed by atoms with Gasteiger partial charge in [-0.15, -0.1) is 0 Å². The van der Waals surface area contributed by atoms with Gasteiger partial charge in [-0.3, -0.25) is 33.6 Å². The summed E-state index contributed by atoms with van der Waals surface area (Å²) < 4.78 is 67.5. The summed E-state index contributed by atoms with van der Waals surface area (Å²) in [6, 6.07) is -2.45. The minimum atomic E-state index is -4.59. The first-order valence-electron chi connectivity index (χ1n) is 24.6. The van der Waals surface area contributed by atoms with Crippen LogP contribution < -0.4 is 10.0 Å². The van der Waals surface area contributed by atoms with E-state index >= 15 is 4.79 Å². The third kappa shape index (κ3) is 6.94. The molecule has 0 aromatic heterocycles. The molecule has 2 N–H and O–H groups in total. The molecule has 0 unspecified atom stereocenters. The van der Waals surface area contributed by atoms with Crippen molar-refractivity contribution in [2.24, 2.45) is 44.8 Å². The fourth-order valence-corrected chi connectivity index (χ4v) is 13.8. The molecule has 0 aromatic carbocycles. The summed E-state index contributed by atoms with van der Waals surface area (Å²) in [6.07, 6.45) is 9.13. The van der Waals surface area contributed by atoms with Crippen molar-refractivity contribution >= 4 is 39.3 Å². The Hall–Kier alpha value is -2.34. The molecule has 2 saturated heterocycles. The third-order valence-corrected chi connectivity index (χ3v) is 18.8. The second kappa shape index (κ2) is 14.7. The van der Waals surface area contributed by atoms with E-state index in [0.29, 0.717) is 38.8 Å². The van der Waals surface area contributed by atoms with E-state index in [2.05, 4.69) is 23.9 Å². The average molecular weight is 818 g/mol. The Labute approximate surface area is 349 Å². The second-order valence-electron chi connectivity index (χ2n) is 20.9. The number of hydrogen-bond donors (Lipinski definition) is 2. The van der Waals surface area contributed by atoms with E-state index in [1.165, 1.54) is 6.92 Å². The van der Waals surface area contributed by atoms with E-state index in [1.54, 1.807) is 9.80 Å². The molecule has 7 atom stereocenters. The van der Waals surface area contributed by atoms with Gasteiger partial charge in [-0.2, -0.15) is 0 Å². The Morgan fingerprint density at radius 3 is 2.11 bits per heavy atom. The molecule has 0 aromatic rings. The van der Waals surface area contributed by atoms with Crippen LogP contribution >= 0.6 is 0 Å². The van der Waals surface area contributed by atoms with Gasteiger partial charge in [0.05, 0.1) is 28.3 Å². The number of nitrogens with one attached hydrogen (secondary N) is 2. The van der Waals surface area contributed by atoms with Gasteiger partial charge in [0.15, 0.2) is 11.6 Å². The lowest BCUT2D eigenvalue weighted by molar-refractivity contribution is -0.147. The van der Waals surface area contributed by atoms with E-state index in [-0.39, 0.29) is 83.6 Å². The molecule has 2 spiro atoms. The van der Waals surface area contributed by atoms with Crippen LogP contribution in [0, 0.1) is 44.8 Å². The van der Waals surface area contributed by atoms with Gasteiger partial charge in [0.25, 0.3) is 0 Å². The minimum absolute atomic E-state index is 0.0399. The first kappa shape index (κ1) is 36.5. The number of fused-ring (bicyclic) bond motifs is 1. The smallest absolute Gasteiger partial charge is 0.240 e. The van der Waals surface area contributed by atoms with Crippen LogP contribution in [0.25, 0.3) is 0 Å². The normalized spacial score (nSPS) is 35.5. The summed E-state index contributed by atoms with van der Waals surface area (Å²) in [7, 11) is -4.59. The number of Topliss-reactive ketones (excluding diaryl/α,β-unsaturated/α-hetero) is 2. The molecule has 7 rings (SSSR count). The summed E-state index contributed by atoms with van der Waals surface area (Å²) in [5, 5.41) is 3.09. The van der Waals surface area contributed by atoms with Crippen LogP contribution in [0.4, 0.5) is 0 Å². The van der Waals surface area contributed by atoms with Crippen LogP contribution in [0.5, 0.6) is 0 Å².